The second-order valence-electron chi connectivity index (χ2n) is 3.72. The average Bonchev–Trinajstić information content (AvgIpc) is 2.61. The first kappa shape index (κ1) is 10.8. The van der Waals surface area contributed by atoms with Crippen LogP contribution in [0.15, 0.2) is 24.3 Å². The standard InChI is InChI=1S/C12H14FN3/c1-8-11(5-6-14)12(16-15-8)9-3-2-4-10(13)7-9/h2-4,7H,5-6,14H2,1H3,(H,15,16). The first-order valence-corrected chi connectivity index (χ1v) is 5.22. The maximum absolute atomic E-state index is 13.1. The Morgan fingerprint density at radius 1 is 1.44 bits per heavy atom. The van der Waals surface area contributed by atoms with Gasteiger partial charge in [0.25, 0.3) is 0 Å². The molecule has 0 saturated carbocycles. The minimum absolute atomic E-state index is 0.253. The van der Waals surface area contributed by atoms with Crippen molar-refractivity contribution in [3.8, 4) is 11.3 Å². The molecule has 0 bridgehead atoms. The van der Waals surface area contributed by atoms with Gasteiger partial charge in [0.2, 0.25) is 0 Å². The monoisotopic (exact) mass is 219 g/mol. The molecule has 0 saturated heterocycles. The Bertz CT molecular complexity index is 491. The fraction of sp³-hybridized carbons (Fsp3) is 0.250. The Morgan fingerprint density at radius 2 is 2.25 bits per heavy atom. The third-order valence-corrected chi connectivity index (χ3v) is 2.57. The first-order valence-electron chi connectivity index (χ1n) is 5.22. The number of hydrogen-bond donors (Lipinski definition) is 2. The van der Waals surface area contributed by atoms with Crippen LogP contribution in [-0.4, -0.2) is 16.7 Å². The van der Waals surface area contributed by atoms with Crippen LogP contribution in [0.2, 0.25) is 0 Å². The zero-order chi connectivity index (χ0) is 11.5. The van der Waals surface area contributed by atoms with E-state index in [0.717, 1.165) is 28.9 Å². The minimum Gasteiger partial charge on any atom is -0.330 e. The van der Waals surface area contributed by atoms with Gasteiger partial charge in [-0.3, -0.25) is 5.10 Å². The summed E-state index contributed by atoms with van der Waals surface area (Å²) in [6, 6.07) is 6.43. The van der Waals surface area contributed by atoms with E-state index in [1.807, 2.05) is 13.0 Å². The summed E-state index contributed by atoms with van der Waals surface area (Å²) in [5.41, 5.74) is 9.18. The fourth-order valence-electron chi connectivity index (χ4n) is 1.78. The predicted molar refractivity (Wildman–Crippen MR) is 61.5 cm³/mol. The Hall–Kier alpha value is -1.68. The van der Waals surface area contributed by atoms with Crippen molar-refractivity contribution in [3.63, 3.8) is 0 Å². The van der Waals surface area contributed by atoms with Crippen molar-refractivity contribution in [1.29, 1.82) is 0 Å². The lowest BCUT2D eigenvalue weighted by molar-refractivity contribution is 0.628. The fourth-order valence-corrected chi connectivity index (χ4v) is 1.78. The number of halogens is 1. The van der Waals surface area contributed by atoms with Crippen LogP contribution in [0.1, 0.15) is 11.3 Å². The minimum atomic E-state index is -0.253. The summed E-state index contributed by atoms with van der Waals surface area (Å²) in [5.74, 6) is -0.253. The Kier molecular flexibility index (Phi) is 3.01. The number of aromatic nitrogens is 2. The van der Waals surface area contributed by atoms with Crippen LogP contribution in [0.4, 0.5) is 4.39 Å². The zero-order valence-electron chi connectivity index (χ0n) is 9.13. The molecule has 0 radical (unpaired) electrons. The van der Waals surface area contributed by atoms with Gasteiger partial charge in [0.05, 0.1) is 5.69 Å². The highest BCUT2D eigenvalue weighted by molar-refractivity contribution is 5.63. The topological polar surface area (TPSA) is 54.7 Å². The van der Waals surface area contributed by atoms with Crippen molar-refractivity contribution in [2.45, 2.75) is 13.3 Å². The van der Waals surface area contributed by atoms with Crippen LogP contribution < -0.4 is 5.73 Å². The quantitative estimate of drug-likeness (QED) is 0.829. The van der Waals surface area contributed by atoms with Crippen LogP contribution in [0, 0.1) is 12.7 Å². The highest BCUT2D eigenvalue weighted by atomic mass is 19.1. The summed E-state index contributed by atoms with van der Waals surface area (Å²) in [4.78, 5) is 0. The van der Waals surface area contributed by atoms with E-state index in [2.05, 4.69) is 10.2 Å². The number of hydrogen-bond acceptors (Lipinski definition) is 2. The molecule has 4 heteroatoms. The number of benzene rings is 1. The van der Waals surface area contributed by atoms with E-state index in [1.165, 1.54) is 12.1 Å². The third kappa shape index (κ3) is 1.97. The first-order chi connectivity index (χ1) is 7.72. The summed E-state index contributed by atoms with van der Waals surface area (Å²) in [7, 11) is 0. The lowest BCUT2D eigenvalue weighted by Gasteiger charge is -2.02. The smallest absolute Gasteiger partial charge is 0.123 e. The van der Waals surface area contributed by atoms with Crippen LogP contribution in [0.25, 0.3) is 11.3 Å². The number of rotatable bonds is 3. The molecule has 0 aliphatic heterocycles. The molecule has 1 aromatic carbocycles. The molecule has 1 heterocycles. The van der Waals surface area contributed by atoms with Gasteiger partial charge in [-0.05, 0) is 32.0 Å². The molecular formula is C12H14FN3. The van der Waals surface area contributed by atoms with E-state index in [1.54, 1.807) is 6.07 Å². The molecule has 0 unspecified atom stereocenters. The Balaban J connectivity index is 2.47. The summed E-state index contributed by atoms with van der Waals surface area (Å²) in [6.07, 6.45) is 0.744. The maximum Gasteiger partial charge on any atom is 0.123 e. The van der Waals surface area contributed by atoms with Gasteiger partial charge in [0, 0.05) is 16.8 Å². The highest BCUT2D eigenvalue weighted by Crippen LogP contribution is 2.24. The van der Waals surface area contributed by atoms with Crippen LogP contribution >= 0.6 is 0 Å². The van der Waals surface area contributed by atoms with Crippen molar-refractivity contribution in [1.82, 2.24) is 10.2 Å². The number of aryl methyl sites for hydroxylation is 1. The van der Waals surface area contributed by atoms with E-state index < -0.39 is 0 Å². The molecule has 84 valence electrons. The van der Waals surface area contributed by atoms with Crippen molar-refractivity contribution in [3.05, 3.63) is 41.3 Å². The third-order valence-electron chi connectivity index (χ3n) is 2.57. The molecule has 0 atom stereocenters. The Morgan fingerprint density at radius 3 is 2.94 bits per heavy atom. The molecule has 2 rings (SSSR count). The van der Waals surface area contributed by atoms with Crippen molar-refractivity contribution < 1.29 is 4.39 Å². The number of nitrogens with zero attached hydrogens (tertiary/aromatic N) is 1. The lowest BCUT2D eigenvalue weighted by Crippen LogP contribution is -2.04. The summed E-state index contributed by atoms with van der Waals surface area (Å²) in [5, 5.41) is 7.11. The van der Waals surface area contributed by atoms with Crippen LogP contribution in [0.3, 0.4) is 0 Å². The molecule has 2 aromatic rings. The average molecular weight is 219 g/mol. The molecular weight excluding hydrogens is 205 g/mol. The van der Waals surface area contributed by atoms with Gasteiger partial charge in [-0.15, -0.1) is 0 Å². The Labute approximate surface area is 93.5 Å². The second-order valence-corrected chi connectivity index (χ2v) is 3.72. The molecule has 3 N–H and O–H groups in total. The van der Waals surface area contributed by atoms with Gasteiger partial charge in [-0.2, -0.15) is 5.10 Å². The van der Waals surface area contributed by atoms with Crippen molar-refractivity contribution in [2.24, 2.45) is 5.73 Å². The van der Waals surface area contributed by atoms with Gasteiger partial charge in [0.1, 0.15) is 5.82 Å². The van der Waals surface area contributed by atoms with Crippen LogP contribution in [-0.2, 0) is 6.42 Å². The molecule has 0 spiro atoms. The number of H-pyrrole nitrogens is 1. The number of aromatic amines is 1. The summed E-state index contributed by atoms with van der Waals surface area (Å²) < 4.78 is 13.1. The van der Waals surface area contributed by atoms with Gasteiger partial charge in [-0.1, -0.05) is 12.1 Å². The molecule has 1 aromatic heterocycles. The molecule has 0 aliphatic rings. The van der Waals surface area contributed by atoms with Crippen LogP contribution in [0.5, 0.6) is 0 Å². The van der Waals surface area contributed by atoms with Gasteiger partial charge in [-0.25, -0.2) is 4.39 Å². The highest BCUT2D eigenvalue weighted by Gasteiger charge is 2.11. The van der Waals surface area contributed by atoms with E-state index in [4.69, 9.17) is 5.73 Å². The molecule has 0 aliphatic carbocycles. The van der Waals surface area contributed by atoms with Crippen molar-refractivity contribution in [2.75, 3.05) is 6.54 Å². The second kappa shape index (κ2) is 4.45. The van der Waals surface area contributed by atoms with E-state index in [-0.39, 0.29) is 5.82 Å². The number of nitrogens with one attached hydrogen (secondary N) is 1. The summed E-state index contributed by atoms with van der Waals surface area (Å²) >= 11 is 0. The zero-order valence-corrected chi connectivity index (χ0v) is 9.13. The SMILES string of the molecule is Cc1[nH]nc(-c2cccc(F)c2)c1CCN. The van der Waals surface area contributed by atoms with Gasteiger partial charge < -0.3 is 5.73 Å². The molecule has 3 nitrogen and oxygen atoms in total. The largest absolute Gasteiger partial charge is 0.330 e. The van der Waals surface area contributed by atoms with Gasteiger partial charge >= 0.3 is 0 Å². The normalized spacial score (nSPS) is 10.7. The molecule has 16 heavy (non-hydrogen) atoms. The van der Waals surface area contributed by atoms with E-state index >= 15 is 0 Å². The van der Waals surface area contributed by atoms with Gasteiger partial charge in [0.15, 0.2) is 0 Å². The van der Waals surface area contributed by atoms with E-state index in [0.29, 0.717) is 6.54 Å². The molecule has 0 fully saturated rings. The lowest BCUT2D eigenvalue weighted by atomic mass is 10.0. The summed E-state index contributed by atoms with van der Waals surface area (Å²) in [6.45, 7) is 2.50. The van der Waals surface area contributed by atoms with E-state index in [9.17, 15) is 4.39 Å². The maximum atomic E-state index is 13.1. The predicted octanol–water partition coefficient (Wildman–Crippen LogP) is 2.03. The van der Waals surface area contributed by atoms with Crippen molar-refractivity contribution >= 4 is 0 Å². The molecule has 0 amide bonds. The number of nitrogens with two attached hydrogens (primary N) is 1.